The highest BCUT2D eigenvalue weighted by Crippen LogP contribution is 2.24. The van der Waals surface area contributed by atoms with Crippen LogP contribution in [0.25, 0.3) is 0 Å². The lowest BCUT2D eigenvalue weighted by molar-refractivity contribution is -0.0493. The number of hydrogen-bond donors (Lipinski definition) is 1. The van der Waals surface area contributed by atoms with Crippen LogP contribution in [0.4, 0.5) is 13.6 Å². The minimum absolute atomic E-state index is 0.100. The number of amides is 1. The molecule has 1 rings (SSSR count). The summed E-state index contributed by atoms with van der Waals surface area (Å²) in [6.07, 6.45) is -3.97. The van der Waals surface area contributed by atoms with E-state index in [4.69, 9.17) is 4.74 Å². The van der Waals surface area contributed by atoms with E-state index in [2.05, 4.69) is 0 Å². The smallest absolute Gasteiger partial charge is 0.410 e. The zero-order chi connectivity index (χ0) is 13.2. The normalized spacial score (nSPS) is 26.2. The Morgan fingerprint density at radius 1 is 1.47 bits per heavy atom. The lowest BCUT2D eigenvalue weighted by atomic mass is 10.0. The molecule has 1 fully saturated rings. The van der Waals surface area contributed by atoms with Gasteiger partial charge in [0.25, 0.3) is 6.43 Å². The van der Waals surface area contributed by atoms with Crippen LogP contribution in [0.3, 0.4) is 0 Å². The summed E-state index contributed by atoms with van der Waals surface area (Å²) in [4.78, 5) is 12.7. The summed E-state index contributed by atoms with van der Waals surface area (Å²) in [5.41, 5.74) is -0.709. The number of nitrogens with zero attached hydrogens (tertiary/aromatic N) is 1. The number of rotatable bonds is 1. The van der Waals surface area contributed by atoms with E-state index in [1.54, 1.807) is 20.8 Å². The molecule has 4 nitrogen and oxygen atoms in total. The van der Waals surface area contributed by atoms with Crippen molar-refractivity contribution in [1.29, 1.82) is 0 Å². The molecule has 0 spiro atoms. The number of alkyl halides is 2. The largest absolute Gasteiger partial charge is 0.444 e. The number of carbonyl (C=O) groups excluding carboxylic acids is 1. The topological polar surface area (TPSA) is 49.8 Å². The van der Waals surface area contributed by atoms with E-state index in [1.807, 2.05) is 0 Å². The first-order valence-electron chi connectivity index (χ1n) is 5.66. The first kappa shape index (κ1) is 14.2. The number of piperidine rings is 1. The average molecular weight is 251 g/mol. The van der Waals surface area contributed by atoms with Gasteiger partial charge in [0.15, 0.2) is 0 Å². The van der Waals surface area contributed by atoms with Gasteiger partial charge in [0.05, 0.1) is 12.1 Å². The fourth-order valence-corrected chi connectivity index (χ4v) is 1.76. The Morgan fingerprint density at radius 3 is 2.53 bits per heavy atom. The Labute approximate surface area is 99.5 Å². The highest BCUT2D eigenvalue weighted by atomic mass is 19.3. The van der Waals surface area contributed by atoms with Gasteiger partial charge < -0.3 is 9.84 Å². The van der Waals surface area contributed by atoms with Crippen LogP contribution >= 0.6 is 0 Å². The van der Waals surface area contributed by atoms with Crippen molar-refractivity contribution in [3.8, 4) is 0 Å². The first-order chi connectivity index (χ1) is 7.70. The Hall–Kier alpha value is -0.910. The summed E-state index contributed by atoms with van der Waals surface area (Å²) in [5.74, 6) is 0. The molecule has 2 atom stereocenters. The highest BCUT2D eigenvalue weighted by molar-refractivity contribution is 5.68. The molecule has 6 heteroatoms. The summed E-state index contributed by atoms with van der Waals surface area (Å²) >= 11 is 0. The van der Waals surface area contributed by atoms with Crippen LogP contribution in [0.15, 0.2) is 0 Å². The van der Waals surface area contributed by atoms with Crippen LogP contribution in [-0.2, 0) is 4.74 Å². The third kappa shape index (κ3) is 4.11. The van der Waals surface area contributed by atoms with Gasteiger partial charge in [0.2, 0.25) is 0 Å². The van der Waals surface area contributed by atoms with Gasteiger partial charge in [-0.1, -0.05) is 0 Å². The van der Waals surface area contributed by atoms with Crippen LogP contribution < -0.4 is 0 Å². The van der Waals surface area contributed by atoms with Crippen molar-refractivity contribution in [3.05, 3.63) is 0 Å². The SMILES string of the molecule is CC(C)(C)OC(=O)N1CC[C@@H](O)C[C@H]1C(F)F. The number of ether oxygens (including phenoxy) is 1. The molecule has 0 unspecified atom stereocenters. The third-order valence-corrected chi connectivity index (χ3v) is 2.54. The minimum atomic E-state index is -2.67. The van der Waals surface area contributed by atoms with Crippen LogP contribution in [0, 0.1) is 0 Å². The van der Waals surface area contributed by atoms with Crippen LogP contribution in [0.5, 0.6) is 0 Å². The molecular formula is C11H19F2NO3. The van der Waals surface area contributed by atoms with Gasteiger partial charge in [-0.25, -0.2) is 13.6 Å². The van der Waals surface area contributed by atoms with Gasteiger partial charge in [-0.2, -0.15) is 0 Å². The molecule has 0 aliphatic carbocycles. The molecule has 0 aromatic carbocycles. The van der Waals surface area contributed by atoms with Gasteiger partial charge in [0, 0.05) is 6.54 Å². The molecule has 1 aliphatic heterocycles. The second-order valence-corrected chi connectivity index (χ2v) is 5.25. The number of aliphatic hydroxyl groups is 1. The van der Waals surface area contributed by atoms with Gasteiger partial charge in [-0.15, -0.1) is 0 Å². The summed E-state index contributed by atoms with van der Waals surface area (Å²) < 4.78 is 30.6. The molecule has 0 saturated carbocycles. The quantitative estimate of drug-likeness (QED) is 0.775. The second kappa shape index (κ2) is 5.16. The van der Waals surface area contributed by atoms with Crippen molar-refractivity contribution in [1.82, 2.24) is 4.90 Å². The number of hydrogen-bond acceptors (Lipinski definition) is 3. The predicted octanol–water partition coefficient (Wildman–Crippen LogP) is 2.01. The maximum absolute atomic E-state index is 12.8. The van der Waals surface area contributed by atoms with Crippen LogP contribution in [-0.4, -0.2) is 46.8 Å². The van der Waals surface area contributed by atoms with Crippen LogP contribution in [0.2, 0.25) is 0 Å². The maximum Gasteiger partial charge on any atom is 0.410 e. The zero-order valence-corrected chi connectivity index (χ0v) is 10.3. The first-order valence-corrected chi connectivity index (χ1v) is 5.66. The molecule has 1 saturated heterocycles. The number of likely N-dealkylation sites (tertiary alicyclic amines) is 1. The lowest BCUT2D eigenvalue weighted by Gasteiger charge is -2.37. The summed E-state index contributed by atoms with van der Waals surface area (Å²) in [6.45, 7) is 5.15. The van der Waals surface area contributed by atoms with E-state index in [1.165, 1.54) is 0 Å². The molecule has 100 valence electrons. The molecule has 1 heterocycles. The standard InChI is InChI=1S/C11H19F2NO3/c1-11(2,3)17-10(16)14-5-4-7(15)6-8(14)9(12)13/h7-9,15H,4-6H2,1-3H3/t7-,8+/m1/s1. The van der Waals surface area contributed by atoms with E-state index < -0.39 is 30.3 Å². The summed E-state index contributed by atoms with van der Waals surface area (Å²) in [5, 5.41) is 9.35. The Balaban J connectivity index is 2.70. The van der Waals surface area contributed by atoms with Gasteiger partial charge in [0.1, 0.15) is 5.60 Å². The zero-order valence-electron chi connectivity index (χ0n) is 10.3. The van der Waals surface area contributed by atoms with E-state index in [9.17, 15) is 18.7 Å². The van der Waals surface area contributed by atoms with Crippen molar-refractivity contribution in [3.63, 3.8) is 0 Å². The Kier molecular flexibility index (Phi) is 4.30. The highest BCUT2D eigenvalue weighted by Gasteiger charge is 2.38. The van der Waals surface area contributed by atoms with E-state index in [0.717, 1.165) is 4.90 Å². The summed E-state index contributed by atoms with van der Waals surface area (Å²) in [7, 11) is 0. The van der Waals surface area contributed by atoms with Crippen molar-refractivity contribution in [2.75, 3.05) is 6.54 Å². The fourth-order valence-electron chi connectivity index (χ4n) is 1.76. The van der Waals surface area contributed by atoms with Crippen molar-refractivity contribution in [2.45, 2.75) is 57.8 Å². The monoisotopic (exact) mass is 251 g/mol. The Bertz CT molecular complexity index is 278. The molecule has 0 radical (unpaired) electrons. The fraction of sp³-hybridized carbons (Fsp3) is 0.909. The number of halogens is 2. The molecule has 0 aromatic rings. The molecule has 1 aliphatic rings. The number of carbonyl (C=O) groups is 1. The molecule has 1 N–H and O–H groups in total. The third-order valence-electron chi connectivity index (χ3n) is 2.54. The van der Waals surface area contributed by atoms with Crippen molar-refractivity contribution in [2.24, 2.45) is 0 Å². The van der Waals surface area contributed by atoms with Crippen molar-refractivity contribution < 1.29 is 23.4 Å². The molecule has 0 aromatic heterocycles. The maximum atomic E-state index is 12.8. The van der Waals surface area contributed by atoms with E-state index in [-0.39, 0.29) is 13.0 Å². The van der Waals surface area contributed by atoms with Crippen LogP contribution in [0.1, 0.15) is 33.6 Å². The number of aliphatic hydroxyl groups excluding tert-OH is 1. The average Bonchev–Trinajstić information content (AvgIpc) is 2.14. The van der Waals surface area contributed by atoms with E-state index >= 15 is 0 Å². The van der Waals surface area contributed by atoms with Gasteiger partial charge in [-0.05, 0) is 33.6 Å². The predicted molar refractivity (Wildman–Crippen MR) is 58.0 cm³/mol. The van der Waals surface area contributed by atoms with E-state index in [0.29, 0.717) is 6.42 Å². The van der Waals surface area contributed by atoms with Gasteiger partial charge in [-0.3, -0.25) is 4.90 Å². The lowest BCUT2D eigenvalue weighted by Crippen LogP contribution is -2.52. The van der Waals surface area contributed by atoms with Crippen molar-refractivity contribution >= 4 is 6.09 Å². The Morgan fingerprint density at radius 2 is 2.06 bits per heavy atom. The second-order valence-electron chi connectivity index (χ2n) is 5.25. The minimum Gasteiger partial charge on any atom is -0.444 e. The molecule has 1 amide bonds. The molecular weight excluding hydrogens is 232 g/mol. The molecule has 0 bridgehead atoms. The summed E-state index contributed by atoms with van der Waals surface area (Å²) in [6, 6.07) is -1.26. The van der Waals surface area contributed by atoms with Gasteiger partial charge >= 0.3 is 6.09 Å². The molecule has 17 heavy (non-hydrogen) atoms.